The Labute approximate surface area is 147 Å². The second kappa shape index (κ2) is 7.48. The molecule has 0 saturated carbocycles. The quantitative estimate of drug-likeness (QED) is 0.398. The van der Waals surface area contributed by atoms with Crippen molar-refractivity contribution in [2.75, 3.05) is 12.4 Å². The van der Waals surface area contributed by atoms with E-state index >= 15 is 0 Å². The van der Waals surface area contributed by atoms with E-state index in [1.54, 1.807) is 37.3 Å². The van der Waals surface area contributed by atoms with Crippen LogP contribution in [0.4, 0.5) is 4.39 Å². The monoisotopic (exact) mass is 358 g/mol. The van der Waals surface area contributed by atoms with Gasteiger partial charge in [-0.2, -0.15) is 0 Å². The highest BCUT2D eigenvalue weighted by Gasteiger charge is 2.15. The summed E-state index contributed by atoms with van der Waals surface area (Å²) < 4.78 is 19.9. The zero-order valence-corrected chi connectivity index (χ0v) is 14.3. The van der Waals surface area contributed by atoms with Crippen molar-refractivity contribution in [3.63, 3.8) is 0 Å². The van der Waals surface area contributed by atoms with Gasteiger partial charge in [-0.25, -0.2) is 9.37 Å². The maximum Gasteiger partial charge on any atom is 0.316 e. The van der Waals surface area contributed by atoms with Crippen molar-refractivity contribution in [2.24, 2.45) is 0 Å². The summed E-state index contributed by atoms with van der Waals surface area (Å²) in [5, 5.41) is 0.731. The smallest absolute Gasteiger partial charge is 0.316 e. The minimum atomic E-state index is -0.459. The van der Waals surface area contributed by atoms with E-state index in [1.807, 2.05) is 0 Å². The summed E-state index contributed by atoms with van der Waals surface area (Å²) in [4.78, 5) is 29.0. The maximum atomic E-state index is 13.6. The zero-order valence-electron chi connectivity index (χ0n) is 13.4. The van der Waals surface area contributed by atoms with E-state index in [2.05, 4.69) is 4.98 Å². The van der Waals surface area contributed by atoms with E-state index in [4.69, 9.17) is 4.74 Å². The largest absolute Gasteiger partial charge is 0.465 e. The molecule has 0 aliphatic rings. The van der Waals surface area contributed by atoms with Crippen LogP contribution in [0.15, 0.2) is 58.5 Å². The second-order valence-electron chi connectivity index (χ2n) is 5.13. The number of aromatic nitrogens is 2. The fraction of sp³-hybridized carbons (Fsp3) is 0.167. The molecule has 25 heavy (non-hydrogen) atoms. The number of carbonyl (C=O) groups is 1. The van der Waals surface area contributed by atoms with Gasteiger partial charge in [-0.1, -0.05) is 30.0 Å². The number of benzene rings is 2. The normalized spacial score (nSPS) is 10.8. The number of para-hydroxylation sites is 1. The number of halogens is 1. The van der Waals surface area contributed by atoms with Crippen LogP contribution in [-0.2, 0) is 9.53 Å². The van der Waals surface area contributed by atoms with Crippen molar-refractivity contribution in [3.05, 3.63) is 64.7 Å². The lowest BCUT2D eigenvalue weighted by Gasteiger charge is -2.13. The van der Waals surface area contributed by atoms with Gasteiger partial charge in [0.15, 0.2) is 5.16 Å². The zero-order chi connectivity index (χ0) is 17.8. The fourth-order valence-corrected chi connectivity index (χ4v) is 3.19. The van der Waals surface area contributed by atoms with Crippen LogP contribution >= 0.6 is 11.8 Å². The molecule has 3 aromatic rings. The summed E-state index contributed by atoms with van der Waals surface area (Å²) >= 11 is 1.08. The molecule has 0 atom stereocenters. The summed E-state index contributed by atoms with van der Waals surface area (Å²) in [6.45, 7) is 2.00. The molecule has 0 spiro atoms. The first kappa shape index (κ1) is 17.2. The average molecular weight is 358 g/mol. The van der Waals surface area contributed by atoms with Crippen LogP contribution in [0.2, 0.25) is 0 Å². The van der Waals surface area contributed by atoms with Crippen LogP contribution in [0.1, 0.15) is 6.92 Å². The molecule has 5 nitrogen and oxygen atoms in total. The molecule has 1 aromatic heterocycles. The molecule has 0 aliphatic carbocycles. The Balaban J connectivity index is 2.14. The van der Waals surface area contributed by atoms with Crippen LogP contribution in [0.3, 0.4) is 0 Å². The van der Waals surface area contributed by atoms with Crippen LogP contribution in [0.5, 0.6) is 0 Å². The minimum absolute atomic E-state index is 0.00787. The van der Waals surface area contributed by atoms with Gasteiger partial charge in [0.25, 0.3) is 5.56 Å². The average Bonchev–Trinajstić information content (AvgIpc) is 2.60. The predicted octanol–water partition coefficient (Wildman–Crippen LogP) is 3.18. The Kier molecular flexibility index (Phi) is 5.14. The number of rotatable bonds is 5. The van der Waals surface area contributed by atoms with Crippen molar-refractivity contribution < 1.29 is 13.9 Å². The Morgan fingerprint density at radius 2 is 2.04 bits per heavy atom. The van der Waals surface area contributed by atoms with Crippen molar-refractivity contribution in [3.8, 4) is 5.69 Å². The minimum Gasteiger partial charge on any atom is -0.465 e. The fourth-order valence-electron chi connectivity index (χ4n) is 2.38. The summed E-state index contributed by atoms with van der Waals surface area (Å²) in [6.07, 6.45) is 0. The van der Waals surface area contributed by atoms with Crippen LogP contribution < -0.4 is 5.56 Å². The number of thioether (sulfide) groups is 1. The number of nitrogens with zero attached hydrogens (tertiary/aromatic N) is 2. The van der Waals surface area contributed by atoms with E-state index in [0.29, 0.717) is 21.7 Å². The van der Waals surface area contributed by atoms with E-state index in [9.17, 15) is 14.0 Å². The molecule has 0 radical (unpaired) electrons. The van der Waals surface area contributed by atoms with Gasteiger partial charge in [0.1, 0.15) is 5.82 Å². The lowest BCUT2D eigenvalue weighted by atomic mass is 10.2. The standard InChI is InChI=1S/C18H15FN2O3S/c1-2-24-16(22)11-25-18-20-15-9-4-3-8-14(15)17(23)21(18)13-7-5-6-12(19)10-13/h3-10H,2,11H2,1H3. The van der Waals surface area contributed by atoms with Gasteiger partial charge in [0, 0.05) is 0 Å². The highest BCUT2D eigenvalue weighted by atomic mass is 32.2. The van der Waals surface area contributed by atoms with E-state index in [1.165, 1.54) is 22.8 Å². The summed E-state index contributed by atoms with van der Waals surface area (Å²) in [7, 11) is 0. The van der Waals surface area contributed by atoms with Gasteiger partial charge in [-0.3, -0.25) is 14.2 Å². The van der Waals surface area contributed by atoms with E-state index in [-0.39, 0.29) is 17.9 Å². The van der Waals surface area contributed by atoms with Gasteiger partial charge in [0.2, 0.25) is 0 Å². The molecule has 0 saturated heterocycles. The third kappa shape index (κ3) is 3.71. The van der Waals surface area contributed by atoms with Crippen LogP contribution in [0, 0.1) is 5.82 Å². The van der Waals surface area contributed by atoms with Crippen molar-refractivity contribution >= 4 is 28.6 Å². The predicted molar refractivity (Wildman–Crippen MR) is 94.7 cm³/mol. The van der Waals surface area contributed by atoms with Gasteiger partial charge < -0.3 is 4.74 Å². The molecule has 3 rings (SSSR count). The third-order valence-electron chi connectivity index (χ3n) is 3.44. The highest BCUT2D eigenvalue weighted by Crippen LogP contribution is 2.21. The molecule has 2 aromatic carbocycles. The Bertz CT molecular complexity index is 987. The maximum absolute atomic E-state index is 13.6. The van der Waals surface area contributed by atoms with Gasteiger partial charge in [-0.15, -0.1) is 0 Å². The first-order chi connectivity index (χ1) is 12.1. The number of carbonyl (C=O) groups excluding carboxylic acids is 1. The summed E-state index contributed by atoms with van der Waals surface area (Å²) in [6, 6.07) is 12.6. The Morgan fingerprint density at radius 1 is 1.24 bits per heavy atom. The molecule has 7 heteroatoms. The third-order valence-corrected chi connectivity index (χ3v) is 4.35. The molecule has 0 unspecified atom stereocenters. The molecular weight excluding hydrogens is 343 g/mol. The Morgan fingerprint density at radius 3 is 2.80 bits per heavy atom. The molecule has 0 fully saturated rings. The van der Waals surface area contributed by atoms with Crippen molar-refractivity contribution in [1.82, 2.24) is 9.55 Å². The molecule has 128 valence electrons. The lowest BCUT2D eigenvalue weighted by Crippen LogP contribution is -2.22. The summed E-state index contributed by atoms with van der Waals surface area (Å²) in [5.74, 6) is -0.854. The van der Waals surface area contributed by atoms with Gasteiger partial charge in [0.05, 0.1) is 29.0 Å². The van der Waals surface area contributed by atoms with Crippen molar-refractivity contribution in [1.29, 1.82) is 0 Å². The molecule has 1 heterocycles. The van der Waals surface area contributed by atoms with E-state index < -0.39 is 11.8 Å². The number of ether oxygens (including phenoxy) is 1. The number of esters is 1. The molecule has 0 bridgehead atoms. The van der Waals surface area contributed by atoms with Gasteiger partial charge in [-0.05, 0) is 37.3 Å². The highest BCUT2D eigenvalue weighted by molar-refractivity contribution is 7.99. The SMILES string of the molecule is CCOC(=O)CSc1nc2ccccc2c(=O)n1-c1cccc(F)c1. The number of fused-ring (bicyclic) bond motifs is 1. The summed E-state index contributed by atoms with van der Waals surface area (Å²) in [5.41, 5.74) is 0.559. The Hall–Kier alpha value is -2.67. The topological polar surface area (TPSA) is 61.2 Å². The first-order valence-corrected chi connectivity index (χ1v) is 8.65. The van der Waals surface area contributed by atoms with Gasteiger partial charge >= 0.3 is 5.97 Å². The second-order valence-corrected chi connectivity index (χ2v) is 6.07. The number of hydrogen-bond acceptors (Lipinski definition) is 5. The lowest BCUT2D eigenvalue weighted by molar-refractivity contribution is -0.139. The molecular formula is C18H15FN2O3S. The van der Waals surface area contributed by atoms with Crippen molar-refractivity contribution in [2.45, 2.75) is 12.1 Å². The molecule has 0 amide bonds. The van der Waals surface area contributed by atoms with Crippen LogP contribution in [-0.4, -0.2) is 27.9 Å². The van der Waals surface area contributed by atoms with Crippen LogP contribution in [0.25, 0.3) is 16.6 Å². The first-order valence-electron chi connectivity index (χ1n) is 7.66. The number of hydrogen-bond donors (Lipinski definition) is 0. The molecule has 0 aliphatic heterocycles. The van der Waals surface area contributed by atoms with E-state index in [0.717, 1.165) is 11.8 Å². The molecule has 0 N–H and O–H groups in total.